The summed E-state index contributed by atoms with van der Waals surface area (Å²) in [6.45, 7) is 7.89. The summed E-state index contributed by atoms with van der Waals surface area (Å²) >= 11 is 0. The van der Waals surface area contributed by atoms with Crippen molar-refractivity contribution in [3.8, 4) is 17.3 Å². The zero-order valence-corrected chi connectivity index (χ0v) is 20.9. The van der Waals surface area contributed by atoms with Crippen molar-refractivity contribution in [2.24, 2.45) is 12.8 Å². The molecule has 4 rings (SSSR count). The van der Waals surface area contributed by atoms with Crippen LogP contribution in [0.5, 0.6) is 5.75 Å². The predicted octanol–water partition coefficient (Wildman–Crippen LogP) is 5.00. The number of imidazole rings is 1. The Bertz CT molecular complexity index is 1470. The van der Waals surface area contributed by atoms with Crippen LogP contribution < -0.4 is 10.5 Å². The van der Waals surface area contributed by atoms with Gasteiger partial charge in [-0.05, 0) is 57.2 Å². The van der Waals surface area contributed by atoms with E-state index in [1.165, 1.54) is 11.7 Å². The minimum absolute atomic E-state index is 0.277. The number of rotatable bonds is 8. The summed E-state index contributed by atoms with van der Waals surface area (Å²) in [4.78, 5) is 21.8. The molecule has 1 aromatic carbocycles. The van der Waals surface area contributed by atoms with Crippen LogP contribution in [0.25, 0.3) is 33.6 Å². The fraction of sp³-hybridized carbons (Fsp3) is 0.346. The lowest BCUT2D eigenvalue weighted by molar-refractivity contribution is 0.0370. The lowest BCUT2D eigenvalue weighted by atomic mass is 10.2. The number of carbonyl (C=O) groups excluding carboxylic acids is 1. The predicted molar refractivity (Wildman–Crippen MR) is 134 cm³/mol. The Morgan fingerprint density at radius 2 is 1.94 bits per heavy atom. The molecule has 0 aliphatic heterocycles. The van der Waals surface area contributed by atoms with E-state index in [1.807, 2.05) is 0 Å². The van der Waals surface area contributed by atoms with E-state index in [1.54, 1.807) is 62.7 Å². The number of fused-ring (bicyclic) bond motifs is 2. The molecule has 36 heavy (non-hydrogen) atoms. The van der Waals surface area contributed by atoms with Gasteiger partial charge in [0, 0.05) is 18.5 Å². The lowest BCUT2D eigenvalue weighted by Gasteiger charge is -2.16. The van der Waals surface area contributed by atoms with E-state index in [9.17, 15) is 13.6 Å². The highest BCUT2D eigenvalue weighted by Crippen LogP contribution is 2.35. The number of pyridine rings is 1. The maximum atomic E-state index is 14.6. The van der Waals surface area contributed by atoms with Crippen molar-refractivity contribution in [1.82, 2.24) is 19.1 Å². The van der Waals surface area contributed by atoms with Crippen molar-refractivity contribution in [3.05, 3.63) is 54.2 Å². The maximum Gasteiger partial charge on any atom is 0.338 e. The number of carbonyl (C=O) groups is 1. The first-order valence-electron chi connectivity index (χ1n) is 11.5. The van der Waals surface area contributed by atoms with Gasteiger partial charge in [-0.15, -0.1) is 0 Å². The second-order valence-corrected chi connectivity index (χ2v) is 9.01. The van der Waals surface area contributed by atoms with Crippen LogP contribution in [0.3, 0.4) is 0 Å². The Labute approximate surface area is 207 Å². The van der Waals surface area contributed by atoms with Crippen LogP contribution in [0.1, 0.15) is 42.9 Å². The van der Waals surface area contributed by atoms with Gasteiger partial charge < -0.3 is 24.3 Å². The fourth-order valence-corrected chi connectivity index (χ4v) is 4.11. The van der Waals surface area contributed by atoms with Crippen LogP contribution >= 0.6 is 0 Å². The van der Waals surface area contributed by atoms with Gasteiger partial charge in [-0.1, -0.05) is 6.58 Å². The van der Waals surface area contributed by atoms with Gasteiger partial charge in [0.15, 0.2) is 5.82 Å². The third-order valence-electron chi connectivity index (χ3n) is 5.86. The zero-order chi connectivity index (χ0) is 26.4. The summed E-state index contributed by atoms with van der Waals surface area (Å²) in [5, 5.41) is 0.662. The van der Waals surface area contributed by atoms with Gasteiger partial charge >= 0.3 is 5.97 Å². The molecule has 3 aromatic heterocycles. The molecular weight excluding hydrogens is 468 g/mol. The van der Waals surface area contributed by atoms with Crippen molar-refractivity contribution in [2.75, 3.05) is 7.11 Å². The highest BCUT2D eigenvalue weighted by Gasteiger charge is 2.29. The van der Waals surface area contributed by atoms with Crippen molar-refractivity contribution >= 4 is 28.0 Å². The zero-order valence-electron chi connectivity index (χ0n) is 20.9. The van der Waals surface area contributed by atoms with Crippen LogP contribution in [0.4, 0.5) is 8.78 Å². The Morgan fingerprint density at radius 3 is 2.56 bits per heavy atom. The average molecular weight is 498 g/mol. The molecule has 0 saturated heterocycles. The van der Waals surface area contributed by atoms with Gasteiger partial charge in [-0.2, -0.15) is 0 Å². The molecule has 0 bridgehead atoms. The summed E-state index contributed by atoms with van der Waals surface area (Å²) in [6.07, 6.45) is 0.317. The molecule has 4 aromatic rings. The van der Waals surface area contributed by atoms with Crippen LogP contribution in [-0.2, 0) is 18.3 Å². The maximum absolute atomic E-state index is 14.6. The largest absolute Gasteiger partial charge is 0.494 e. The molecule has 0 spiro atoms. The number of hydrogen-bond donors (Lipinski definition) is 1. The number of esters is 1. The van der Waals surface area contributed by atoms with Gasteiger partial charge in [0.2, 0.25) is 0 Å². The van der Waals surface area contributed by atoms with Crippen LogP contribution in [0.2, 0.25) is 0 Å². The van der Waals surface area contributed by atoms with Crippen molar-refractivity contribution in [2.45, 2.75) is 45.4 Å². The van der Waals surface area contributed by atoms with Crippen molar-refractivity contribution in [3.63, 3.8) is 0 Å². The molecule has 0 saturated carbocycles. The molecule has 0 amide bonds. The topological polar surface area (TPSA) is 97.2 Å². The minimum Gasteiger partial charge on any atom is -0.494 e. The van der Waals surface area contributed by atoms with Crippen molar-refractivity contribution < 1.29 is 23.0 Å². The van der Waals surface area contributed by atoms with Crippen LogP contribution in [0, 0.1) is 0 Å². The second kappa shape index (κ2) is 9.34. The number of halogens is 2. The van der Waals surface area contributed by atoms with Gasteiger partial charge in [0.05, 0.1) is 42.2 Å². The number of allylic oxidation sites excluding steroid dienone is 1. The van der Waals surface area contributed by atoms with E-state index in [2.05, 4.69) is 11.6 Å². The fourth-order valence-electron chi connectivity index (χ4n) is 4.11. The number of nitrogens with zero attached hydrogens (tertiary/aromatic N) is 4. The molecule has 0 radical (unpaired) electrons. The van der Waals surface area contributed by atoms with E-state index < -0.39 is 18.4 Å². The minimum atomic E-state index is -3.19. The van der Waals surface area contributed by atoms with Crippen LogP contribution in [0.15, 0.2) is 43.0 Å². The first kappa shape index (κ1) is 25.3. The van der Waals surface area contributed by atoms with E-state index >= 15 is 0 Å². The molecule has 10 heteroatoms. The molecule has 190 valence electrons. The lowest BCUT2D eigenvalue weighted by Crippen LogP contribution is -2.22. The number of hydrogen-bond acceptors (Lipinski definition) is 6. The van der Waals surface area contributed by atoms with Crippen LogP contribution in [-0.4, -0.2) is 44.2 Å². The van der Waals surface area contributed by atoms with E-state index in [4.69, 9.17) is 20.2 Å². The van der Waals surface area contributed by atoms with Gasteiger partial charge in [0.25, 0.3) is 5.92 Å². The Morgan fingerprint density at radius 1 is 1.22 bits per heavy atom. The molecule has 0 aliphatic rings. The number of benzene rings is 1. The smallest absolute Gasteiger partial charge is 0.338 e. The number of ether oxygens (including phenoxy) is 2. The highest BCUT2D eigenvalue weighted by atomic mass is 19.3. The van der Waals surface area contributed by atoms with E-state index in [0.717, 1.165) is 0 Å². The second-order valence-electron chi connectivity index (χ2n) is 9.01. The number of methoxy groups -OCH3 is 1. The average Bonchev–Trinajstić information content (AvgIpc) is 3.34. The molecule has 1 atom stereocenters. The first-order valence-corrected chi connectivity index (χ1v) is 11.5. The Hall–Kier alpha value is -3.79. The molecule has 0 fully saturated rings. The van der Waals surface area contributed by atoms with Gasteiger partial charge in [-0.3, -0.25) is 0 Å². The molecule has 0 unspecified atom stereocenters. The Balaban J connectivity index is 1.97. The molecule has 0 aliphatic carbocycles. The SMILES string of the molecule is C=CC(F)(F)Cn1c(-c2nc3cc(C(=O)OC(C)C)cc(OC)c3n2C)cc2ccc([C@@H](C)N)nc21. The van der Waals surface area contributed by atoms with Gasteiger partial charge in [0.1, 0.15) is 16.9 Å². The standard InChI is InChI=1S/C26H29F2N5O3/c1-7-26(27,28)13-33-20(11-16-8-9-18(15(4)29)30-23(16)33)24-31-19-10-17(25(34)36-14(2)3)12-21(35-6)22(19)32(24)5/h7-12,14-15H,1,13,29H2,2-6H3/t15-/m1/s1. The monoisotopic (exact) mass is 497 g/mol. The molecule has 8 nitrogen and oxygen atoms in total. The number of aryl methyl sites for hydroxylation is 1. The molecule has 2 N–H and O–H groups in total. The summed E-state index contributed by atoms with van der Waals surface area (Å²) < 4.78 is 43.2. The molecule has 3 heterocycles. The number of aromatic nitrogens is 4. The number of nitrogens with two attached hydrogens (primary N) is 1. The Kier molecular flexibility index (Phi) is 6.57. The van der Waals surface area contributed by atoms with Crippen molar-refractivity contribution in [1.29, 1.82) is 0 Å². The first-order chi connectivity index (χ1) is 17.0. The van der Waals surface area contributed by atoms with E-state index in [0.29, 0.717) is 51.1 Å². The summed E-state index contributed by atoms with van der Waals surface area (Å²) in [7, 11) is 3.24. The van der Waals surface area contributed by atoms with Gasteiger partial charge in [-0.25, -0.2) is 23.5 Å². The number of alkyl halides is 2. The quantitative estimate of drug-likeness (QED) is 0.272. The van der Waals surface area contributed by atoms with E-state index in [-0.39, 0.29) is 17.7 Å². The summed E-state index contributed by atoms with van der Waals surface area (Å²) in [5.41, 5.74) is 8.70. The summed E-state index contributed by atoms with van der Waals surface area (Å²) in [6, 6.07) is 8.15. The normalized spacial score (nSPS) is 12.9. The molecular formula is C26H29F2N5O3. The highest BCUT2D eigenvalue weighted by molar-refractivity contribution is 5.97. The third kappa shape index (κ3) is 4.56. The third-order valence-corrected chi connectivity index (χ3v) is 5.86. The summed E-state index contributed by atoms with van der Waals surface area (Å²) in [5.74, 6) is -2.90.